The summed E-state index contributed by atoms with van der Waals surface area (Å²) in [4.78, 5) is 41.9. The number of nitrogens with zero attached hydrogens (tertiary/aromatic N) is 6. The lowest BCUT2D eigenvalue weighted by atomic mass is 10.1. The Balaban J connectivity index is 1.43. The zero-order valence-electron chi connectivity index (χ0n) is 20.5. The SMILES string of the molecule is CCn1c(=O)[nH]c(=O)c2c1nc(Cc1cn3ccccc3n1)n2Cc1ccc(-c2ccc(C)cn2)cc1. The van der Waals surface area contributed by atoms with Gasteiger partial charge in [-0.3, -0.25) is 19.3 Å². The summed E-state index contributed by atoms with van der Waals surface area (Å²) in [6, 6.07) is 18.0. The molecule has 5 aromatic heterocycles. The monoisotopic (exact) mass is 491 g/mol. The van der Waals surface area contributed by atoms with Gasteiger partial charge in [-0.15, -0.1) is 0 Å². The third-order valence-corrected chi connectivity index (χ3v) is 6.54. The van der Waals surface area contributed by atoms with E-state index in [-0.39, 0.29) is 0 Å². The standard InChI is InChI=1S/C28H25N7O2/c1-3-34-26-25(27(36)32-28(34)37)35(24(31-26)14-21-17-33-13-5-4-6-23(33)30-21)16-19-8-10-20(11-9-19)22-12-7-18(2)15-29-22/h4-13,15,17H,3,14,16H2,1-2H3,(H,32,36,37). The second kappa shape index (κ2) is 9.02. The highest BCUT2D eigenvalue weighted by Gasteiger charge is 2.19. The Hall–Kier alpha value is -4.79. The minimum absolute atomic E-state index is 0.379. The first-order valence-corrected chi connectivity index (χ1v) is 12.2. The zero-order chi connectivity index (χ0) is 25.5. The van der Waals surface area contributed by atoms with E-state index in [1.807, 2.05) is 96.0 Å². The molecule has 0 aliphatic heterocycles. The van der Waals surface area contributed by atoms with Crippen LogP contribution in [0, 0.1) is 6.92 Å². The highest BCUT2D eigenvalue weighted by Crippen LogP contribution is 2.21. The fourth-order valence-corrected chi connectivity index (χ4v) is 4.65. The van der Waals surface area contributed by atoms with Crippen molar-refractivity contribution >= 4 is 16.8 Å². The number of aromatic nitrogens is 7. The van der Waals surface area contributed by atoms with Crippen LogP contribution in [0.1, 0.15) is 29.6 Å². The van der Waals surface area contributed by atoms with Gasteiger partial charge < -0.3 is 8.97 Å². The first-order valence-electron chi connectivity index (χ1n) is 12.2. The molecule has 0 saturated carbocycles. The van der Waals surface area contributed by atoms with Crippen LogP contribution in [0.25, 0.3) is 28.1 Å². The van der Waals surface area contributed by atoms with Gasteiger partial charge in [0.2, 0.25) is 0 Å². The van der Waals surface area contributed by atoms with Gasteiger partial charge in [0.25, 0.3) is 5.56 Å². The average molecular weight is 492 g/mol. The van der Waals surface area contributed by atoms with Gasteiger partial charge in [-0.2, -0.15) is 0 Å². The van der Waals surface area contributed by atoms with Crippen molar-refractivity contribution in [2.45, 2.75) is 33.4 Å². The van der Waals surface area contributed by atoms with Crippen LogP contribution in [0.5, 0.6) is 0 Å². The lowest BCUT2D eigenvalue weighted by Gasteiger charge is -2.10. The summed E-state index contributed by atoms with van der Waals surface area (Å²) in [6.45, 7) is 4.69. The van der Waals surface area contributed by atoms with Crippen molar-refractivity contribution in [3.8, 4) is 11.3 Å². The highest BCUT2D eigenvalue weighted by atomic mass is 16.2. The Kier molecular flexibility index (Phi) is 5.52. The summed E-state index contributed by atoms with van der Waals surface area (Å²) in [7, 11) is 0. The molecule has 6 aromatic rings. The summed E-state index contributed by atoms with van der Waals surface area (Å²) in [6.07, 6.45) is 6.17. The van der Waals surface area contributed by atoms with E-state index in [0.717, 1.165) is 33.7 Å². The number of hydrogen-bond acceptors (Lipinski definition) is 5. The number of nitrogens with one attached hydrogen (secondary N) is 1. The number of H-pyrrole nitrogens is 1. The maximum Gasteiger partial charge on any atom is 0.330 e. The fraction of sp³-hybridized carbons (Fsp3) is 0.179. The first-order chi connectivity index (χ1) is 18.0. The van der Waals surface area contributed by atoms with E-state index in [4.69, 9.17) is 9.97 Å². The van der Waals surface area contributed by atoms with Gasteiger partial charge in [0.15, 0.2) is 11.2 Å². The molecule has 5 heterocycles. The molecule has 0 radical (unpaired) electrons. The Morgan fingerprint density at radius 2 is 1.78 bits per heavy atom. The van der Waals surface area contributed by atoms with E-state index in [1.54, 1.807) is 0 Å². The molecule has 9 nitrogen and oxygen atoms in total. The van der Waals surface area contributed by atoms with Crippen LogP contribution < -0.4 is 11.2 Å². The fourth-order valence-electron chi connectivity index (χ4n) is 4.65. The van der Waals surface area contributed by atoms with Crippen molar-refractivity contribution in [3.63, 3.8) is 0 Å². The quantitative estimate of drug-likeness (QED) is 0.384. The number of pyridine rings is 2. The predicted molar refractivity (Wildman–Crippen MR) is 142 cm³/mol. The lowest BCUT2D eigenvalue weighted by Crippen LogP contribution is -2.30. The van der Waals surface area contributed by atoms with Crippen molar-refractivity contribution in [1.29, 1.82) is 0 Å². The third kappa shape index (κ3) is 4.14. The van der Waals surface area contributed by atoms with Crippen LogP contribution in [0.2, 0.25) is 0 Å². The Bertz CT molecular complexity index is 1820. The summed E-state index contributed by atoms with van der Waals surface area (Å²) in [5.41, 5.74) is 5.55. The number of rotatable bonds is 6. The molecule has 0 aliphatic rings. The summed E-state index contributed by atoms with van der Waals surface area (Å²) in [5.74, 6) is 0.668. The van der Waals surface area contributed by atoms with Gasteiger partial charge in [0.05, 0.1) is 11.4 Å². The number of aryl methyl sites for hydroxylation is 2. The van der Waals surface area contributed by atoms with Crippen molar-refractivity contribution in [2.75, 3.05) is 0 Å². The largest absolute Gasteiger partial charge is 0.330 e. The Morgan fingerprint density at radius 1 is 0.946 bits per heavy atom. The van der Waals surface area contributed by atoms with Gasteiger partial charge >= 0.3 is 5.69 Å². The van der Waals surface area contributed by atoms with E-state index in [0.29, 0.717) is 36.5 Å². The van der Waals surface area contributed by atoms with Crippen LogP contribution in [-0.2, 0) is 19.5 Å². The minimum atomic E-state index is -0.459. The third-order valence-electron chi connectivity index (χ3n) is 6.54. The molecule has 0 atom stereocenters. The number of aromatic amines is 1. The van der Waals surface area contributed by atoms with E-state index in [9.17, 15) is 9.59 Å². The van der Waals surface area contributed by atoms with Crippen molar-refractivity contribution in [3.05, 3.63) is 117 Å². The number of fused-ring (bicyclic) bond motifs is 2. The van der Waals surface area contributed by atoms with Crippen LogP contribution in [-0.4, -0.2) is 33.5 Å². The van der Waals surface area contributed by atoms with Crippen LogP contribution in [0.3, 0.4) is 0 Å². The molecule has 0 spiro atoms. The van der Waals surface area contributed by atoms with Crippen molar-refractivity contribution < 1.29 is 0 Å². The molecule has 37 heavy (non-hydrogen) atoms. The molecule has 0 amide bonds. The molecular weight excluding hydrogens is 466 g/mol. The molecule has 9 heteroatoms. The molecule has 1 aromatic carbocycles. The molecule has 0 saturated heterocycles. The topological polar surface area (TPSA) is 103 Å². The summed E-state index contributed by atoms with van der Waals surface area (Å²) < 4.78 is 5.34. The van der Waals surface area contributed by atoms with E-state index >= 15 is 0 Å². The van der Waals surface area contributed by atoms with Gasteiger partial charge in [0, 0.05) is 43.7 Å². The molecule has 184 valence electrons. The van der Waals surface area contributed by atoms with E-state index in [2.05, 4.69) is 9.97 Å². The van der Waals surface area contributed by atoms with Crippen LogP contribution in [0.4, 0.5) is 0 Å². The molecule has 0 aliphatic carbocycles. The second-order valence-electron chi connectivity index (χ2n) is 9.08. The van der Waals surface area contributed by atoms with Crippen molar-refractivity contribution in [2.24, 2.45) is 0 Å². The zero-order valence-corrected chi connectivity index (χ0v) is 20.5. The summed E-state index contributed by atoms with van der Waals surface area (Å²) >= 11 is 0. The second-order valence-corrected chi connectivity index (χ2v) is 9.08. The Morgan fingerprint density at radius 3 is 2.51 bits per heavy atom. The van der Waals surface area contributed by atoms with Gasteiger partial charge in [-0.05, 0) is 43.2 Å². The first kappa shape index (κ1) is 22.7. The molecule has 0 fully saturated rings. The van der Waals surface area contributed by atoms with E-state index in [1.165, 1.54) is 4.57 Å². The maximum absolute atomic E-state index is 13.0. The van der Waals surface area contributed by atoms with Crippen molar-refractivity contribution in [1.82, 2.24) is 33.5 Å². The Labute approximate surface area is 211 Å². The molecule has 1 N–H and O–H groups in total. The van der Waals surface area contributed by atoms with Crippen LogP contribution >= 0.6 is 0 Å². The summed E-state index contributed by atoms with van der Waals surface area (Å²) in [5, 5.41) is 0. The highest BCUT2D eigenvalue weighted by molar-refractivity contribution is 5.71. The smallest absolute Gasteiger partial charge is 0.317 e. The van der Waals surface area contributed by atoms with E-state index < -0.39 is 11.2 Å². The number of benzene rings is 1. The van der Waals surface area contributed by atoms with Gasteiger partial charge in [-0.1, -0.05) is 36.4 Å². The number of hydrogen-bond donors (Lipinski definition) is 1. The van der Waals surface area contributed by atoms with Gasteiger partial charge in [-0.25, -0.2) is 14.8 Å². The van der Waals surface area contributed by atoms with Crippen LogP contribution in [0.15, 0.2) is 82.8 Å². The lowest BCUT2D eigenvalue weighted by molar-refractivity contribution is 0.717. The molecule has 0 bridgehead atoms. The molecular formula is C28H25N7O2. The normalized spacial score (nSPS) is 11.5. The maximum atomic E-state index is 13.0. The number of imidazole rings is 2. The average Bonchev–Trinajstić information content (AvgIpc) is 3.46. The molecule has 0 unspecified atom stereocenters. The predicted octanol–water partition coefficient (Wildman–Crippen LogP) is 3.56. The minimum Gasteiger partial charge on any atom is -0.317 e. The molecule has 6 rings (SSSR count). The van der Waals surface area contributed by atoms with Gasteiger partial charge in [0.1, 0.15) is 11.5 Å².